The van der Waals surface area contributed by atoms with Gasteiger partial charge < -0.3 is 19.4 Å². The molecular formula is C25H23N5O3. The molecule has 1 N–H and O–H groups in total. The molecule has 0 unspecified atom stereocenters. The number of amides is 2. The van der Waals surface area contributed by atoms with E-state index in [0.717, 1.165) is 12.8 Å². The summed E-state index contributed by atoms with van der Waals surface area (Å²) in [5.74, 6) is 0.604. The number of methoxy groups -OCH3 is 1. The first kappa shape index (κ1) is 20.7. The van der Waals surface area contributed by atoms with E-state index in [9.17, 15) is 9.59 Å². The molecule has 2 amide bonds. The van der Waals surface area contributed by atoms with Gasteiger partial charge in [0.15, 0.2) is 5.69 Å². The third-order valence-electron chi connectivity index (χ3n) is 5.84. The van der Waals surface area contributed by atoms with Gasteiger partial charge in [-0.3, -0.25) is 9.59 Å². The minimum Gasteiger partial charge on any atom is -0.480 e. The summed E-state index contributed by atoms with van der Waals surface area (Å²) in [7, 11) is 1.50. The molecule has 1 saturated heterocycles. The number of anilines is 1. The molecule has 1 aromatic carbocycles. The highest BCUT2D eigenvalue weighted by molar-refractivity contribution is 6.08. The maximum Gasteiger partial charge on any atom is 0.276 e. The summed E-state index contributed by atoms with van der Waals surface area (Å²) in [6, 6.07) is 18.1. The predicted octanol–water partition coefficient (Wildman–Crippen LogP) is 3.97. The van der Waals surface area contributed by atoms with Gasteiger partial charge in [-0.1, -0.05) is 24.3 Å². The van der Waals surface area contributed by atoms with E-state index in [1.807, 2.05) is 64.0 Å². The largest absolute Gasteiger partial charge is 0.480 e. The second kappa shape index (κ2) is 8.74. The van der Waals surface area contributed by atoms with Crippen LogP contribution in [0.5, 0.6) is 5.88 Å². The van der Waals surface area contributed by atoms with Gasteiger partial charge in [-0.2, -0.15) is 0 Å². The second-order valence-corrected chi connectivity index (χ2v) is 7.81. The monoisotopic (exact) mass is 441 g/mol. The molecule has 8 nitrogen and oxygen atoms in total. The van der Waals surface area contributed by atoms with Crippen LogP contribution in [-0.4, -0.2) is 44.7 Å². The van der Waals surface area contributed by atoms with Gasteiger partial charge in [0.1, 0.15) is 11.5 Å². The van der Waals surface area contributed by atoms with Crippen molar-refractivity contribution in [3.63, 3.8) is 0 Å². The molecule has 166 valence electrons. The summed E-state index contributed by atoms with van der Waals surface area (Å²) in [5, 5.41) is 2.85. The Bertz CT molecular complexity index is 1320. The third kappa shape index (κ3) is 3.80. The minimum absolute atomic E-state index is 0.0307. The lowest BCUT2D eigenvalue weighted by Gasteiger charge is -2.24. The number of fused-ring (bicyclic) bond motifs is 1. The number of likely N-dealkylation sites (tertiary alicyclic amines) is 1. The molecule has 1 atom stereocenters. The SMILES string of the molecule is COc1ncccc1NC(=O)c1nc([C@H]2CCCN2C(=O)c2ccccc2)n2ccccc12. The Balaban J connectivity index is 1.51. The quantitative estimate of drug-likeness (QED) is 0.506. The van der Waals surface area contributed by atoms with Crippen molar-refractivity contribution in [3.8, 4) is 5.88 Å². The summed E-state index contributed by atoms with van der Waals surface area (Å²) < 4.78 is 7.14. The molecule has 4 aromatic rings. The van der Waals surface area contributed by atoms with Crippen LogP contribution < -0.4 is 10.1 Å². The highest BCUT2D eigenvalue weighted by atomic mass is 16.5. The number of nitrogens with one attached hydrogen (secondary N) is 1. The van der Waals surface area contributed by atoms with Crippen LogP contribution in [0, 0.1) is 0 Å². The fourth-order valence-electron chi connectivity index (χ4n) is 4.32. The maximum atomic E-state index is 13.2. The highest BCUT2D eigenvalue weighted by Crippen LogP contribution is 2.34. The minimum atomic E-state index is -0.366. The molecule has 0 bridgehead atoms. The topological polar surface area (TPSA) is 88.8 Å². The fraction of sp³-hybridized carbons (Fsp3) is 0.200. The number of rotatable bonds is 5. The molecule has 0 aliphatic carbocycles. The zero-order valence-electron chi connectivity index (χ0n) is 18.1. The maximum absolute atomic E-state index is 13.2. The molecule has 1 fully saturated rings. The van der Waals surface area contributed by atoms with E-state index >= 15 is 0 Å². The number of nitrogens with zero attached hydrogens (tertiary/aromatic N) is 4. The lowest BCUT2D eigenvalue weighted by molar-refractivity contribution is 0.0729. The zero-order chi connectivity index (χ0) is 22.8. The smallest absolute Gasteiger partial charge is 0.276 e. The van der Waals surface area contributed by atoms with Crippen molar-refractivity contribution in [3.05, 3.63) is 90.1 Å². The number of carbonyl (C=O) groups excluding carboxylic acids is 2. The molecule has 33 heavy (non-hydrogen) atoms. The van der Waals surface area contributed by atoms with Gasteiger partial charge in [0.05, 0.1) is 18.7 Å². The van der Waals surface area contributed by atoms with Gasteiger partial charge in [0, 0.05) is 24.5 Å². The summed E-state index contributed by atoms with van der Waals surface area (Å²) >= 11 is 0. The van der Waals surface area contributed by atoms with Crippen molar-refractivity contribution in [2.24, 2.45) is 0 Å². The average Bonchev–Trinajstić information content (AvgIpc) is 3.49. The Kier molecular flexibility index (Phi) is 5.48. The number of hydrogen-bond donors (Lipinski definition) is 1. The normalized spacial score (nSPS) is 15.5. The number of benzene rings is 1. The molecule has 4 heterocycles. The van der Waals surface area contributed by atoms with Gasteiger partial charge in [-0.05, 0) is 49.2 Å². The number of ether oxygens (including phenoxy) is 1. The average molecular weight is 441 g/mol. The standard InChI is InChI=1S/C25H23N5O3/c1-33-24-18(11-7-14-26-24)27-23(31)21-19-12-5-6-15-29(19)22(28-21)20-13-8-16-30(20)25(32)17-9-3-2-4-10-17/h2-7,9-12,14-15,20H,8,13,16H2,1H3,(H,27,31)/t20-/m1/s1. The molecule has 1 aliphatic rings. The van der Waals surface area contributed by atoms with Gasteiger partial charge in [0.2, 0.25) is 5.88 Å². The van der Waals surface area contributed by atoms with Crippen molar-refractivity contribution in [1.82, 2.24) is 19.3 Å². The lowest BCUT2D eigenvalue weighted by Crippen LogP contribution is -2.31. The van der Waals surface area contributed by atoms with Crippen LogP contribution >= 0.6 is 0 Å². The zero-order valence-corrected chi connectivity index (χ0v) is 18.1. The first-order valence-electron chi connectivity index (χ1n) is 10.8. The van der Waals surface area contributed by atoms with Gasteiger partial charge in [-0.25, -0.2) is 9.97 Å². The van der Waals surface area contributed by atoms with Crippen LogP contribution in [0.15, 0.2) is 73.1 Å². The summed E-state index contributed by atoms with van der Waals surface area (Å²) in [6.07, 6.45) is 5.13. The van der Waals surface area contributed by atoms with Crippen LogP contribution in [0.1, 0.15) is 45.6 Å². The van der Waals surface area contributed by atoms with Crippen LogP contribution in [0.25, 0.3) is 5.52 Å². The Morgan fingerprint density at radius 2 is 1.88 bits per heavy atom. The van der Waals surface area contributed by atoms with Crippen molar-refractivity contribution >= 4 is 23.0 Å². The number of carbonyl (C=O) groups is 2. The Morgan fingerprint density at radius 3 is 2.70 bits per heavy atom. The van der Waals surface area contributed by atoms with E-state index in [4.69, 9.17) is 9.72 Å². The summed E-state index contributed by atoms with van der Waals surface area (Å²) in [6.45, 7) is 0.647. The van der Waals surface area contributed by atoms with Gasteiger partial charge in [0.25, 0.3) is 11.8 Å². The molecule has 3 aromatic heterocycles. The van der Waals surface area contributed by atoms with E-state index in [1.165, 1.54) is 7.11 Å². The van der Waals surface area contributed by atoms with Gasteiger partial charge in [-0.15, -0.1) is 0 Å². The summed E-state index contributed by atoms with van der Waals surface area (Å²) in [5.41, 5.74) is 2.07. The van der Waals surface area contributed by atoms with Crippen molar-refractivity contribution in [2.45, 2.75) is 18.9 Å². The lowest BCUT2D eigenvalue weighted by atomic mass is 10.1. The second-order valence-electron chi connectivity index (χ2n) is 7.81. The number of pyridine rings is 2. The number of aromatic nitrogens is 3. The van der Waals surface area contributed by atoms with Crippen LogP contribution in [0.4, 0.5) is 5.69 Å². The number of imidazole rings is 1. The van der Waals surface area contributed by atoms with E-state index in [0.29, 0.717) is 35.0 Å². The number of hydrogen-bond acceptors (Lipinski definition) is 5. The molecule has 8 heteroatoms. The van der Waals surface area contributed by atoms with E-state index in [-0.39, 0.29) is 23.6 Å². The fourth-order valence-corrected chi connectivity index (χ4v) is 4.32. The van der Waals surface area contributed by atoms with E-state index in [2.05, 4.69) is 10.3 Å². The van der Waals surface area contributed by atoms with E-state index < -0.39 is 0 Å². The Morgan fingerprint density at radius 1 is 1.06 bits per heavy atom. The molecular weight excluding hydrogens is 418 g/mol. The van der Waals surface area contributed by atoms with E-state index in [1.54, 1.807) is 18.3 Å². The summed E-state index contributed by atoms with van der Waals surface area (Å²) in [4.78, 5) is 37.1. The van der Waals surface area contributed by atoms with Crippen LogP contribution in [0.2, 0.25) is 0 Å². The van der Waals surface area contributed by atoms with Crippen molar-refractivity contribution < 1.29 is 14.3 Å². The first-order chi connectivity index (χ1) is 16.2. The molecule has 0 spiro atoms. The third-order valence-corrected chi connectivity index (χ3v) is 5.84. The molecule has 5 rings (SSSR count). The van der Waals surface area contributed by atoms with Crippen molar-refractivity contribution in [1.29, 1.82) is 0 Å². The Labute approximate surface area is 190 Å². The Hall–Kier alpha value is -4.20. The molecule has 0 saturated carbocycles. The van der Waals surface area contributed by atoms with Crippen molar-refractivity contribution in [2.75, 3.05) is 19.0 Å². The highest BCUT2D eigenvalue weighted by Gasteiger charge is 2.34. The van der Waals surface area contributed by atoms with Crippen LogP contribution in [0.3, 0.4) is 0 Å². The predicted molar refractivity (Wildman–Crippen MR) is 123 cm³/mol. The first-order valence-corrected chi connectivity index (χ1v) is 10.8. The molecule has 0 radical (unpaired) electrons. The molecule has 1 aliphatic heterocycles. The van der Waals surface area contributed by atoms with Crippen LogP contribution in [-0.2, 0) is 0 Å². The van der Waals surface area contributed by atoms with Gasteiger partial charge >= 0.3 is 0 Å².